The molecule has 0 radical (unpaired) electrons. The van der Waals surface area contributed by atoms with Crippen LogP contribution in [0.3, 0.4) is 0 Å². The number of aliphatic hydroxyl groups is 2. The van der Waals surface area contributed by atoms with Crippen LogP contribution < -0.4 is 10.6 Å². The molecule has 1 aromatic heterocycles. The number of benzene rings is 1. The SMILES string of the molecule is Clc1ccc2c(c1NC(COC1CCCCC1)c1cccnc1)CCNCC2.O=C(O)[C@H](O)[C@@H](O)C(=O)O. The maximum atomic E-state index is 9.77. The van der Waals surface area contributed by atoms with E-state index in [1.165, 1.54) is 43.2 Å². The highest BCUT2D eigenvalue weighted by Crippen LogP contribution is 2.34. The number of hydrogen-bond acceptors (Lipinski definition) is 8. The van der Waals surface area contributed by atoms with E-state index in [0.29, 0.717) is 12.7 Å². The van der Waals surface area contributed by atoms with Crippen molar-refractivity contribution < 1.29 is 34.8 Å². The van der Waals surface area contributed by atoms with Gasteiger partial charge in [0.25, 0.3) is 0 Å². The maximum absolute atomic E-state index is 9.77. The van der Waals surface area contributed by atoms with Crippen LogP contribution in [0.4, 0.5) is 5.69 Å². The molecule has 10 nitrogen and oxygen atoms in total. The number of carboxylic acid groups (broad SMARTS) is 2. The summed E-state index contributed by atoms with van der Waals surface area (Å²) in [6.07, 6.45) is 7.86. The molecule has 1 aromatic carbocycles. The molecule has 208 valence electrons. The second kappa shape index (κ2) is 15.0. The van der Waals surface area contributed by atoms with Gasteiger partial charge in [0.05, 0.1) is 29.5 Å². The molecular formula is C27H36ClN3O7. The third-order valence-electron chi connectivity index (χ3n) is 6.74. The van der Waals surface area contributed by atoms with Gasteiger partial charge in [-0.25, -0.2) is 9.59 Å². The van der Waals surface area contributed by atoms with Gasteiger partial charge in [-0.1, -0.05) is 43.0 Å². The molecule has 6 N–H and O–H groups in total. The second-order valence-corrected chi connectivity index (χ2v) is 9.86. The van der Waals surface area contributed by atoms with Crippen LogP contribution in [0, 0.1) is 0 Å². The third-order valence-corrected chi connectivity index (χ3v) is 7.06. The number of pyridine rings is 1. The average Bonchev–Trinajstić information content (AvgIpc) is 3.18. The van der Waals surface area contributed by atoms with Gasteiger partial charge in [0.1, 0.15) is 0 Å². The molecule has 2 aliphatic rings. The summed E-state index contributed by atoms with van der Waals surface area (Å²) in [6, 6.07) is 8.34. The Balaban J connectivity index is 0.000000342. The second-order valence-electron chi connectivity index (χ2n) is 9.45. The first-order chi connectivity index (χ1) is 18.3. The number of nitrogens with zero attached hydrogens (tertiary/aromatic N) is 1. The highest BCUT2D eigenvalue weighted by molar-refractivity contribution is 6.33. The Morgan fingerprint density at radius 2 is 1.74 bits per heavy atom. The first-order valence-corrected chi connectivity index (χ1v) is 13.3. The zero-order chi connectivity index (χ0) is 27.5. The summed E-state index contributed by atoms with van der Waals surface area (Å²) >= 11 is 6.66. The first kappa shape index (κ1) is 29.8. The van der Waals surface area contributed by atoms with Crippen molar-refractivity contribution in [2.24, 2.45) is 0 Å². The van der Waals surface area contributed by atoms with E-state index >= 15 is 0 Å². The minimum atomic E-state index is -2.27. The van der Waals surface area contributed by atoms with Crippen molar-refractivity contribution in [3.63, 3.8) is 0 Å². The molecule has 2 heterocycles. The summed E-state index contributed by atoms with van der Waals surface area (Å²) in [7, 11) is 0. The first-order valence-electron chi connectivity index (χ1n) is 12.9. The lowest BCUT2D eigenvalue weighted by Gasteiger charge is -2.27. The largest absolute Gasteiger partial charge is 0.479 e. The number of carboxylic acids is 2. The molecular weight excluding hydrogens is 514 g/mol. The number of aromatic nitrogens is 1. The Hall–Kier alpha value is -2.76. The molecule has 1 aliphatic heterocycles. The van der Waals surface area contributed by atoms with Gasteiger partial charge in [0, 0.05) is 12.4 Å². The highest BCUT2D eigenvalue weighted by Gasteiger charge is 2.29. The quantitative estimate of drug-likeness (QED) is 0.274. The van der Waals surface area contributed by atoms with Crippen LogP contribution in [0.5, 0.6) is 0 Å². The van der Waals surface area contributed by atoms with Crippen molar-refractivity contribution in [2.75, 3.05) is 25.0 Å². The number of aliphatic hydroxyl groups excluding tert-OH is 2. The van der Waals surface area contributed by atoms with Crippen LogP contribution in [0.2, 0.25) is 5.02 Å². The lowest BCUT2D eigenvalue weighted by Crippen LogP contribution is -2.39. The molecule has 4 rings (SSSR count). The van der Waals surface area contributed by atoms with E-state index in [-0.39, 0.29) is 6.04 Å². The fourth-order valence-corrected chi connectivity index (χ4v) is 4.84. The van der Waals surface area contributed by atoms with Gasteiger partial charge in [-0.15, -0.1) is 0 Å². The van der Waals surface area contributed by atoms with Crippen molar-refractivity contribution in [3.05, 3.63) is 58.4 Å². The molecule has 1 aliphatic carbocycles. The van der Waals surface area contributed by atoms with Crippen molar-refractivity contribution in [1.29, 1.82) is 0 Å². The molecule has 1 unspecified atom stereocenters. The van der Waals surface area contributed by atoms with Gasteiger partial charge in [0.15, 0.2) is 12.2 Å². The molecule has 3 atom stereocenters. The number of fused-ring (bicyclic) bond motifs is 1. The smallest absolute Gasteiger partial charge is 0.335 e. The predicted molar refractivity (Wildman–Crippen MR) is 142 cm³/mol. The summed E-state index contributed by atoms with van der Waals surface area (Å²) in [6.45, 7) is 2.64. The number of nitrogens with one attached hydrogen (secondary N) is 2. The third kappa shape index (κ3) is 8.64. The van der Waals surface area contributed by atoms with E-state index in [2.05, 4.69) is 27.8 Å². The van der Waals surface area contributed by atoms with Crippen LogP contribution >= 0.6 is 11.6 Å². The van der Waals surface area contributed by atoms with E-state index in [0.717, 1.165) is 42.2 Å². The number of anilines is 1. The Kier molecular flexibility index (Phi) is 11.8. The van der Waals surface area contributed by atoms with Gasteiger partial charge >= 0.3 is 11.9 Å². The van der Waals surface area contributed by atoms with Crippen LogP contribution in [0.1, 0.15) is 54.8 Å². The van der Waals surface area contributed by atoms with Crippen LogP contribution in [-0.2, 0) is 27.2 Å². The Morgan fingerprint density at radius 1 is 1.05 bits per heavy atom. The van der Waals surface area contributed by atoms with Gasteiger partial charge in [-0.3, -0.25) is 4.98 Å². The van der Waals surface area contributed by atoms with Gasteiger partial charge in [-0.05, 0) is 67.6 Å². The Morgan fingerprint density at radius 3 is 2.37 bits per heavy atom. The summed E-state index contributed by atoms with van der Waals surface area (Å²) in [5.41, 5.74) is 4.92. The van der Waals surface area contributed by atoms with Crippen molar-refractivity contribution in [3.8, 4) is 0 Å². The van der Waals surface area contributed by atoms with Gasteiger partial charge in [-0.2, -0.15) is 0 Å². The Labute approximate surface area is 227 Å². The van der Waals surface area contributed by atoms with Gasteiger partial charge in [0.2, 0.25) is 0 Å². The molecule has 0 spiro atoms. The number of hydrogen-bond donors (Lipinski definition) is 6. The topological polar surface area (TPSA) is 161 Å². The molecule has 38 heavy (non-hydrogen) atoms. The normalized spacial score (nSPS) is 18.1. The Bertz CT molecular complexity index is 1030. The summed E-state index contributed by atoms with van der Waals surface area (Å²) < 4.78 is 6.33. The standard InChI is InChI=1S/C23H30ClN3O.C4H6O6/c24-21-9-8-17-10-13-25-14-11-20(17)23(21)27-22(18-5-4-12-26-15-18)16-28-19-6-2-1-3-7-19;5-1(3(7)8)2(6)4(9)10/h4-5,8-9,12,15,19,22,25,27H,1-3,6-7,10-11,13-14,16H2;1-2,5-6H,(H,7,8)(H,9,10)/t;1-,2-/m.1/s1. The number of aliphatic carboxylic acids is 2. The predicted octanol–water partition coefficient (Wildman–Crippen LogP) is 2.80. The highest BCUT2D eigenvalue weighted by atomic mass is 35.5. The average molecular weight is 550 g/mol. The van der Waals surface area contributed by atoms with E-state index in [1.54, 1.807) is 0 Å². The molecule has 1 fully saturated rings. The lowest BCUT2D eigenvalue weighted by atomic mass is 9.97. The lowest BCUT2D eigenvalue weighted by molar-refractivity contribution is -0.165. The number of ether oxygens (including phenoxy) is 1. The van der Waals surface area contributed by atoms with E-state index in [9.17, 15) is 9.59 Å². The number of halogens is 1. The summed E-state index contributed by atoms with van der Waals surface area (Å²) in [5, 5.41) is 40.5. The number of carbonyl (C=O) groups is 2. The van der Waals surface area contributed by atoms with E-state index in [1.807, 2.05) is 24.5 Å². The maximum Gasteiger partial charge on any atom is 0.335 e. The van der Waals surface area contributed by atoms with E-state index < -0.39 is 24.1 Å². The van der Waals surface area contributed by atoms with Crippen molar-refractivity contribution in [2.45, 2.75) is 69.3 Å². The summed E-state index contributed by atoms with van der Waals surface area (Å²) in [5.74, 6) is -3.54. The van der Waals surface area contributed by atoms with Crippen LogP contribution in [0.15, 0.2) is 36.7 Å². The van der Waals surface area contributed by atoms with Crippen LogP contribution in [-0.4, -0.2) is 75.4 Å². The number of rotatable bonds is 9. The zero-order valence-corrected chi connectivity index (χ0v) is 21.9. The molecule has 1 saturated carbocycles. The molecule has 2 aromatic rings. The fourth-order valence-electron chi connectivity index (χ4n) is 4.61. The summed E-state index contributed by atoms with van der Waals surface area (Å²) in [4.78, 5) is 23.9. The molecule has 11 heteroatoms. The van der Waals surface area contributed by atoms with Crippen LogP contribution in [0.25, 0.3) is 0 Å². The minimum absolute atomic E-state index is 0.0378. The monoisotopic (exact) mass is 549 g/mol. The van der Waals surface area contributed by atoms with E-state index in [4.69, 9.17) is 36.8 Å². The molecule has 0 amide bonds. The van der Waals surface area contributed by atoms with Crippen molar-refractivity contribution >= 4 is 29.2 Å². The minimum Gasteiger partial charge on any atom is -0.479 e. The zero-order valence-electron chi connectivity index (χ0n) is 21.2. The molecule has 0 bridgehead atoms. The van der Waals surface area contributed by atoms with Crippen molar-refractivity contribution in [1.82, 2.24) is 10.3 Å². The van der Waals surface area contributed by atoms with Gasteiger partial charge < -0.3 is 35.8 Å². The fraction of sp³-hybridized carbons (Fsp3) is 0.519. The molecule has 0 saturated heterocycles.